The number of carbonyl (C=O) groups excluding carboxylic acids is 1. The van der Waals surface area contributed by atoms with Gasteiger partial charge in [0.1, 0.15) is 5.82 Å². The van der Waals surface area contributed by atoms with Crippen LogP contribution in [0.3, 0.4) is 0 Å². The summed E-state index contributed by atoms with van der Waals surface area (Å²) in [6.45, 7) is 9.67. The Labute approximate surface area is 114 Å². The Morgan fingerprint density at radius 3 is 2.32 bits per heavy atom. The Bertz CT molecular complexity index is 459. The molecule has 0 spiro atoms. The van der Waals surface area contributed by atoms with Crippen molar-refractivity contribution in [2.45, 2.75) is 26.3 Å². The fraction of sp³-hybridized carbons (Fsp3) is 0.533. The fourth-order valence-electron chi connectivity index (χ4n) is 2.38. The van der Waals surface area contributed by atoms with Gasteiger partial charge in [-0.25, -0.2) is 4.39 Å². The number of amides is 1. The lowest BCUT2D eigenvalue weighted by molar-refractivity contribution is 0.0451. The molecule has 1 aromatic rings. The number of hydrogen-bond donors (Lipinski definition) is 0. The van der Waals surface area contributed by atoms with E-state index in [2.05, 4.69) is 25.7 Å². The highest BCUT2D eigenvalue weighted by molar-refractivity contribution is 5.94. The molecule has 1 aromatic carbocycles. The van der Waals surface area contributed by atoms with Crippen molar-refractivity contribution in [3.05, 3.63) is 35.6 Å². The third-order valence-corrected chi connectivity index (χ3v) is 3.59. The molecule has 1 amide bonds. The van der Waals surface area contributed by atoms with Crippen LogP contribution in [0.5, 0.6) is 0 Å². The number of benzene rings is 1. The van der Waals surface area contributed by atoms with Crippen molar-refractivity contribution in [3.63, 3.8) is 0 Å². The molecule has 0 aliphatic carbocycles. The summed E-state index contributed by atoms with van der Waals surface area (Å²) in [4.78, 5) is 16.4. The lowest BCUT2D eigenvalue weighted by Gasteiger charge is -2.42. The predicted octanol–water partition coefficient (Wildman–Crippen LogP) is 2.38. The minimum Gasteiger partial charge on any atom is -0.336 e. The molecular weight excluding hydrogens is 243 g/mol. The van der Waals surface area contributed by atoms with Gasteiger partial charge in [0.15, 0.2) is 0 Å². The van der Waals surface area contributed by atoms with Crippen LogP contribution in [0.4, 0.5) is 4.39 Å². The largest absolute Gasteiger partial charge is 0.336 e. The van der Waals surface area contributed by atoms with E-state index in [9.17, 15) is 9.18 Å². The smallest absolute Gasteiger partial charge is 0.254 e. The van der Waals surface area contributed by atoms with Gasteiger partial charge in [0.2, 0.25) is 0 Å². The van der Waals surface area contributed by atoms with Gasteiger partial charge in [0, 0.05) is 37.3 Å². The highest BCUT2D eigenvalue weighted by Crippen LogP contribution is 2.17. The molecule has 0 N–H and O–H groups in total. The van der Waals surface area contributed by atoms with Gasteiger partial charge >= 0.3 is 0 Å². The number of hydrogen-bond acceptors (Lipinski definition) is 2. The summed E-state index contributed by atoms with van der Waals surface area (Å²) in [6.07, 6.45) is 0. The maximum atomic E-state index is 13.1. The quantitative estimate of drug-likeness (QED) is 0.777. The molecule has 1 fully saturated rings. The van der Waals surface area contributed by atoms with Gasteiger partial charge in [0.25, 0.3) is 5.91 Å². The Morgan fingerprint density at radius 2 is 1.79 bits per heavy atom. The van der Waals surface area contributed by atoms with Crippen molar-refractivity contribution in [2.75, 3.05) is 26.2 Å². The van der Waals surface area contributed by atoms with Crippen LogP contribution in [0.2, 0.25) is 0 Å². The molecule has 0 aromatic heterocycles. The standard InChI is InChI=1S/C15H21FN2O/c1-15(2,3)18-9-7-17(8-10-18)14(19)12-5-4-6-13(16)11-12/h4-6,11H,7-10H2,1-3H3. The number of piperazine rings is 1. The van der Waals surface area contributed by atoms with Crippen LogP contribution in [-0.2, 0) is 0 Å². The molecule has 1 heterocycles. The van der Waals surface area contributed by atoms with E-state index in [0.29, 0.717) is 18.7 Å². The van der Waals surface area contributed by atoms with Gasteiger partial charge in [-0.3, -0.25) is 9.69 Å². The van der Waals surface area contributed by atoms with E-state index in [-0.39, 0.29) is 17.3 Å². The Morgan fingerprint density at radius 1 is 1.16 bits per heavy atom. The van der Waals surface area contributed by atoms with Gasteiger partial charge in [-0.1, -0.05) is 6.07 Å². The summed E-state index contributed by atoms with van der Waals surface area (Å²) in [5.74, 6) is -0.438. The molecule has 19 heavy (non-hydrogen) atoms. The molecule has 4 heteroatoms. The average Bonchev–Trinajstić information content (AvgIpc) is 2.37. The summed E-state index contributed by atoms with van der Waals surface area (Å²) >= 11 is 0. The molecule has 1 aliphatic heterocycles. The van der Waals surface area contributed by atoms with Crippen LogP contribution in [0.15, 0.2) is 24.3 Å². The zero-order valence-corrected chi connectivity index (χ0v) is 11.8. The maximum Gasteiger partial charge on any atom is 0.254 e. The number of nitrogens with zero attached hydrogens (tertiary/aromatic N) is 2. The maximum absolute atomic E-state index is 13.1. The van der Waals surface area contributed by atoms with Crippen molar-refractivity contribution in [1.29, 1.82) is 0 Å². The van der Waals surface area contributed by atoms with Crippen LogP contribution >= 0.6 is 0 Å². The first-order valence-corrected chi connectivity index (χ1v) is 6.68. The van der Waals surface area contributed by atoms with Crippen molar-refractivity contribution in [2.24, 2.45) is 0 Å². The van der Waals surface area contributed by atoms with E-state index < -0.39 is 0 Å². The van der Waals surface area contributed by atoms with Gasteiger partial charge in [0.05, 0.1) is 0 Å². The van der Waals surface area contributed by atoms with E-state index >= 15 is 0 Å². The summed E-state index contributed by atoms with van der Waals surface area (Å²) in [5, 5.41) is 0. The molecule has 2 rings (SSSR count). The summed E-state index contributed by atoms with van der Waals surface area (Å²) < 4.78 is 13.1. The van der Waals surface area contributed by atoms with E-state index in [1.54, 1.807) is 17.0 Å². The van der Waals surface area contributed by atoms with E-state index in [0.717, 1.165) is 13.1 Å². The minimum atomic E-state index is -0.362. The molecular formula is C15H21FN2O. The van der Waals surface area contributed by atoms with Crippen LogP contribution < -0.4 is 0 Å². The first kappa shape index (κ1) is 14.0. The van der Waals surface area contributed by atoms with Crippen LogP contribution in [0.1, 0.15) is 31.1 Å². The zero-order valence-electron chi connectivity index (χ0n) is 11.8. The molecule has 104 valence electrons. The second-order valence-corrected chi connectivity index (χ2v) is 5.96. The molecule has 0 bridgehead atoms. The second kappa shape index (κ2) is 5.29. The highest BCUT2D eigenvalue weighted by atomic mass is 19.1. The second-order valence-electron chi connectivity index (χ2n) is 5.96. The SMILES string of the molecule is CC(C)(C)N1CCN(C(=O)c2cccc(F)c2)CC1. The predicted molar refractivity (Wildman–Crippen MR) is 73.6 cm³/mol. The van der Waals surface area contributed by atoms with Crippen molar-refractivity contribution >= 4 is 5.91 Å². The van der Waals surface area contributed by atoms with Gasteiger partial charge in [-0.05, 0) is 39.0 Å². The van der Waals surface area contributed by atoms with Crippen molar-refractivity contribution < 1.29 is 9.18 Å². The summed E-state index contributed by atoms with van der Waals surface area (Å²) in [5.41, 5.74) is 0.567. The Kier molecular flexibility index (Phi) is 3.90. The van der Waals surface area contributed by atoms with E-state index in [1.807, 2.05) is 0 Å². The highest BCUT2D eigenvalue weighted by Gasteiger charge is 2.28. The van der Waals surface area contributed by atoms with E-state index in [1.165, 1.54) is 12.1 Å². The molecule has 3 nitrogen and oxygen atoms in total. The van der Waals surface area contributed by atoms with Crippen LogP contribution in [-0.4, -0.2) is 47.4 Å². The zero-order chi connectivity index (χ0) is 14.0. The Hall–Kier alpha value is -1.42. The monoisotopic (exact) mass is 264 g/mol. The molecule has 0 unspecified atom stereocenters. The molecule has 0 radical (unpaired) electrons. The topological polar surface area (TPSA) is 23.6 Å². The van der Waals surface area contributed by atoms with Crippen molar-refractivity contribution in [1.82, 2.24) is 9.80 Å². The van der Waals surface area contributed by atoms with Gasteiger partial charge in [-0.15, -0.1) is 0 Å². The summed E-state index contributed by atoms with van der Waals surface area (Å²) in [6, 6.07) is 5.91. The van der Waals surface area contributed by atoms with Crippen molar-refractivity contribution in [3.8, 4) is 0 Å². The first-order valence-electron chi connectivity index (χ1n) is 6.68. The molecule has 1 saturated heterocycles. The lowest BCUT2D eigenvalue weighted by atomic mass is 10.0. The molecule has 0 saturated carbocycles. The van der Waals surface area contributed by atoms with Crippen LogP contribution in [0.25, 0.3) is 0 Å². The minimum absolute atomic E-state index is 0.0759. The average molecular weight is 264 g/mol. The summed E-state index contributed by atoms with van der Waals surface area (Å²) in [7, 11) is 0. The molecule has 1 aliphatic rings. The first-order chi connectivity index (χ1) is 8.88. The third-order valence-electron chi connectivity index (χ3n) is 3.59. The number of carbonyl (C=O) groups is 1. The normalized spacial score (nSPS) is 17.6. The third kappa shape index (κ3) is 3.32. The van der Waals surface area contributed by atoms with Crippen LogP contribution in [0, 0.1) is 5.82 Å². The lowest BCUT2D eigenvalue weighted by Crippen LogP contribution is -2.54. The van der Waals surface area contributed by atoms with Gasteiger partial charge in [-0.2, -0.15) is 0 Å². The molecule has 0 atom stereocenters. The Balaban J connectivity index is 2.00. The fourth-order valence-corrected chi connectivity index (χ4v) is 2.38. The van der Waals surface area contributed by atoms with E-state index in [4.69, 9.17) is 0 Å². The van der Waals surface area contributed by atoms with Gasteiger partial charge < -0.3 is 4.90 Å². The number of rotatable bonds is 1. The number of halogens is 1.